The van der Waals surface area contributed by atoms with Crippen LogP contribution >= 0.6 is 0 Å². The fraction of sp³-hybridized carbons (Fsp3) is 0.600. The Morgan fingerprint density at radius 2 is 1.81 bits per heavy atom. The summed E-state index contributed by atoms with van der Waals surface area (Å²) >= 11 is 0. The number of pyridine rings is 1. The lowest BCUT2D eigenvalue weighted by Gasteiger charge is -2.28. The van der Waals surface area contributed by atoms with Gasteiger partial charge in [-0.2, -0.15) is 0 Å². The lowest BCUT2D eigenvalue weighted by atomic mass is 9.93. The lowest BCUT2D eigenvalue weighted by Crippen LogP contribution is -2.38. The minimum Gasteiger partial charge on any atom is -0.383 e. The molecule has 198 valence electrons. The van der Waals surface area contributed by atoms with E-state index in [1.165, 1.54) is 63.8 Å². The number of morpholine rings is 1. The molecule has 6 rings (SSSR count). The van der Waals surface area contributed by atoms with Gasteiger partial charge in [0.25, 0.3) is 5.91 Å². The van der Waals surface area contributed by atoms with Crippen LogP contribution in [0.3, 0.4) is 0 Å². The van der Waals surface area contributed by atoms with Crippen molar-refractivity contribution in [3.63, 3.8) is 0 Å². The van der Waals surface area contributed by atoms with Gasteiger partial charge in [0, 0.05) is 49.4 Å². The number of hydrogen-bond donors (Lipinski definition) is 2. The molecule has 2 aromatic rings. The van der Waals surface area contributed by atoms with Crippen LogP contribution in [-0.4, -0.2) is 79.2 Å². The predicted molar refractivity (Wildman–Crippen MR) is 147 cm³/mol. The van der Waals surface area contributed by atoms with Gasteiger partial charge in [0.05, 0.1) is 18.8 Å². The number of carbonyl (C=O) groups excluding carboxylic acids is 1. The van der Waals surface area contributed by atoms with Crippen molar-refractivity contribution in [3.8, 4) is 11.1 Å². The van der Waals surface area contributed by atoms with Gasteiger partial charge in [-0.15, -0.1) is 0 Å². The van der Waals surface area contributed by atoms with E-state index in [9.17, 15) is 4.79 Å². The average Bonchev–Trinajstić information content (AvgIpc) is 3.51. The number of aromatic nitrogens is 1. The molecular formula is C30H41N5O2. The fourth-order valence-electron chi connectivity index (χ4n) is 6.87. The van der Waals surface area contributed by atoms with E-state index < -0.39 is 0 Å². The minimum absolute atomic E-state index is 0.102. The number of ether oxygens (including phenoxy) is 1. The van der Waals surface area contributed by atoms with E-state index in [1.807, 2.05) is 6.07 Å². The second-order valence-electron chi connectivity index (χ2n) is 11.6. The normalized spacial score (nSPS) is 26.6. The molecule has 0 radical (unpaired) electrons. The van der Waals surface area contributed by atoms with E-state index in [-0.39, 0.29) is 11.9 Å². The number of fused-ring (bicyclic) bond motifs is 1. The maximum Gasteiger partial charge on any atom is 0.255 e. The molecule has 4 aliphatic rings. The summed E-state index contributed by atoms with van der Waals surface area (Å²) in [5.74, 6) is 0.984. The van der Waals surface area contributed by atoms with Gasteiger partial charge in [-0.3, -0.25) is 9.69 Å². The highest BCUT2D eigenvalue weighted by atomic mass is 16.5. The van der Waals surface area contributed by atoms with Crippen LogP contribution < -0.4 is 11.1 Å². The van der Waals surface area contributed by atoms with Gasteiger partial charge in [-0.25, -0.2) is 4.98 Å². The Balaban J connectivity index is 1.07. The Kier molecular flexibility index (Phi) is 7.19. The monoisotopic (exact) mass is 503 g/mol. The molecule has 1 aromatic carbocycles. The van der Waals surface area contributed by atoms with E-state index in [0.29, 0.717) is 16.8 Å². The molecule has 0 bridgehead atoms. The summed E-state index contributed by atoms with van der Waals surface area (Å²) in [6.07, 6.45) is 10.0. The summed E-state index contributed by atoms with van der Waals surface area (Å²) in [6.45, 7) is 8.70. The Morgan fingerprint density at radius 1 is 1.05 bits per heavy atom. The molecule has 37 heavy (non-hydrogen) atoms. The van der Waals surface area contributed by atoms with Gasteiger partial charge in [0.15, 0.2) is 0 Å². The molecule has 4 fully saturated rings. The van der Waals surface area contributed by atoms with Crippen molar-refractivity contribution < 1.29 is 9.53 Å². The van der Waals surface area contributed by atoms with Crippen LogP contribution in [0.2, 0.25) is 0 Å². The summed E-state index contributed by atoms with van der Waals surface area (Å²) in [5.41, 5.74) is 10.4. The first kappa shape index (κ1) is 24.8. The molecular weight excluding hydrogens is 462 g/mol. The first-order valence-electron chi connectivity index (χ1n) is 14.3. The highest BCUT2D eigenvalue weighted by molar-refractivity contribution is 5.99. The number of rotatable bonds is 8. The fourth-order valence-corrected chi connectivity index (χ4v) is 6.87. The largest absolute Gasteiger partial charge is 0.383 e. The van der Waals surface area contributed by atoms with Crippen LogP contribution in [-0.2, 0) is 10.2 Å². The van der Waals surface area contributed by atoms with Crippen molar-refractivity contribution >= 4 is 11.7 Å². The van der Waals surface area contributed by atoms with Crippen molar-refractivity contribution in [2.75, 3.05) is 58.2 Å². The van der Waals surface area contributed by atoms with E-state index in [1.54, 1.807) is 6.20 Å². The highest BCUT2D eigenvalue weighted by Crippen LogP contribution is 2.59. The molecule has 3 heterocycles. The molecule has 2 atom stereocenters. The first-order valence-corrected chi connectivity index (χ1v) is 14.3. The zero-order valence-electron chi connectivity index (χ0n) is 22.0. The van der Waals surface area contributed by atoms with E-state index in [4.69, 9.17) is 10.5 Å². The van der Waals surface area contributed by atoms with Gasteiger partial charge >= 0.3 is 0 Å². The Bertz CT molecular complexity index is 1090. The molecule has 2 saturated heterocycles. The third-order valence-corrected chi connectivity index (χ3v) is 9.17. The molecule has 0 spiro atoms. The lowest BCUT2D eigenvalue weighted by molar-refractivity contribution is 0.0362. The number of anilines is 1. The summed E-state index contributed by atoms with van der Waals surface area (Å²) < 4.78 is 5.47. The van der Waals surface area contributed by atoms with Gasteiger partial charge in [0.2, 0.25) is 0 Å². The number of carbonyl (C=O) groups is 1. The number of nitrogens with two attached hydrogens (primary N) is 1. The number of hydrogen-bond acceptors (Lipinski definition) is 6. The molecule has 2 aliphatic carbocycles. The summed E-state index contributed by atoms with van der Waals surface area (Å²) in [7, 11) is 0. The van der Waals surface area contributed by atoms with Crippen molar-refractivity contribution in [2.24, 2.45) is 5.92 Å². The van der Waals surface area contributed by atoms with E-state index in [2.05, 4.69) is 44.4 Å². The standard InChI is InChI=1S/C30H41N5O2/c31-28-27(29(36)33-26-5-2-1-3-6-26)17-23(19-32-28)22-7-9-24(10-8-22)30-18-25(30)20-35(21-30)12-4-11-34-13-15-37-16-14-34/h7-10,17,19,25-26H,1-6,11-16,18,20-21H2,(H2,31,32)(H,33,36)/t25?,30-/m1/s1. The number of nitrogens with one attached hydrogen (secondary N) is 1. The van der Waals surface area contributed by atoms with Gasteiger partial charge in [-0.1, -0.05) is 43.5 Å². The van der Waals surface area contributed by atoms with E-state index in [0.717, 1.165) is 56.2 Å². The van der Waals surface area contributed by atoms with E-state index >= 15 is 0 Å². The molecule has 1 amide bonds. The molecule has 7 heteroatoms. The predicted octanol–water partition coefficient (Wildman–Crippen LogP) is 3.69. The maximum atomic E-state index is 12.9. The van der Waals surface area contributed by atoms with Crippen LogP contribution in [0.25, 0.3) is 11.1 Å². The molecule has 3 N–H and O–H groups in total. The van der Waals surface area contributed by atoms with Crippen LogP contribution in [0.15, 0.2) is 36.5 Å². The van der Waals surface area contributed by atoms with Crippen LogP contribution in [0.4, 0.5) is 5.82 Å². The molecule has 2 aliphatic heterocycles. The Labute approximate surface area is 220 Å². The molecule has 1 aromatic heterocycles. The third-order valence-electron chi connectivity index (χ3n) is 9.17. The zero-order chi connectivity index (χ0) is 25.2. The number of piperidine rings is 1. The van der Waals surface area contributed by atoms with Gasteiger partial charge in [0.1, 0.15) is 5.82 Å². The second-order valence-corrected chi connectivity index (χ2v) is 11.6. The summed E-state index contributed by atoms with van der Waals surface area (Å²) in [5, 5.41) is 3.18. The van der Waals surface area contributed by atoms with Crippen LogP contribution in [0, 0.1) is 5.92 Å². The maximum absolute atomic E-state index is 12.9. The van der Waals surface area contributed by atoms with Crippen molar-refractivity contribution in [2.45, 2.75) is 56.4 Å². The van der Waals surface area contributed by atoms with Gasteiger partial charge < -0.3 is 20.7 Å². The molecule has 7 nitrogen and oxygen atoms in total. The minimum atomic E-state index is -0.102. The van der Waals surface area contributed by atoms with Crippen molar-refractivity contribution in [1.82, 2.24) is 20.1 Å². The summed E-state index contributed by atoms with van der Waals surface area (Å²) in [6, 6.07) is 11.1. The van der Waals surface area contributed by atoms with Crippen molar-refractivity contribution in [1.29, 1.82) is 0 Å². The second kappa shape index (κ2) is 10.7. The Hall–Kier alpha value is -2.48. The number of benzene rings is 1. The smallest absolute Gasteiger partial charge is 0.255 e. The summed E-state index contributed by atoms with van der Waals surface area (Å²) in [4.78, 5) is 22.5. The third kappa shape index (κ3) is 5.40. The number of amides is 1. The number of nitrogens with zero attached hydrogens (tertiary/aromatic N) is 3. The molecule has 1 unspecified atom stereocenters. The SMILES string of the molecule is Nc1ncc(-c2ccc([C@]34CC3CN(CCCN3CCOCC3)C4)cc2)cc1C(=O)NC1CCCCC1. The number of nitrogen functional groups attached to an aromatic ring is 1. The quantitative estimate of drug-likeness (QED) is 0.572. The topological polar surface area (TPSA) is 83.7 Å². The average molecular weight is 504 g/mol. The highest BCUT2D eigenvalue weighted by Gasteiger charge is 2.60. The van der Waals surface area contributed by atoms with Crippen molar-refractivity contribution in [3.05, 3.63) is 47.7 Å². The van der Waals surface area contributed by atoms with Gasteiger partial charge in [-0.05, 0) is 61.9 Å². The number of likely N-dealkylation sites (tertiary alicyclic amines) is 1. The zero-order valence-corrected chi connectivity index (χ0v) is 22.0. The first-order chi connectivity index (χ1) is 18.1. The van der Waals surface area contributed by atoms with Crippen LogP contribution in [0.5, 0.6) is 0 Å². The Morgan fingerprint density at radius 3 is 2.59 bits per heavy atom. The molecule has 2 saturated carbocycles. The van der Waals surface area contributed by atoms with Crippen LogP contribution in [0.1, 0.15) is 60.9 Å².